The van der Waals surface area contributed by atoms with Crippen LogP contribution in [0.4, 0.5) is 0 Å². The first-order valence-corrected chi connectivity index (χ1v) is 7.79. The van der Waals surface area contributed by atoms with E-state index in [2.05, 4.69) is 34.6 Å². The highest BCUT2D eigenvalue weighted by Gasteiger charge is 2.44. The molecule has 0 aromatic carbocycles. The molecule has 0 rings (SSSR count). The van der Waals surface area contributed by atoms with Crippen LogP contribution in [0.5, 0.6) is 0 Å². The van der Waals surface area contributed by atoms with Crippen molar-refractivity contribution in [1.29, 1.82) is 0 Å². The fourth-order valence-electron chi connectivity index (χ4n) is 2.46. The summed E-state index contributed by atoms with van der Waals surface area (Å²) in [6.45, 7) is 10.9. The van der Waals surface area contributed by atoms with Gasteiger partial charge in [0.2, 0.25) is 0 Å². The summed E-state index contributed by atoms with van der Waals surface area (Å²) in [5.41, 5.74) is 0.0169. The van der Waals surface area contributed by atoms with Crippen molar-refractivity contribution in [3.63, 3.8) is 0 Å². The second-order valence-corrected chi connectivity index (χ2v) is 6.54. The van der Waals surface area contributed by atoms with Crippen molar-refractivity contribution in [3.8, 4) is 0 Å². The van der Waals surface area contributed by atoms with E-state index in [4.69, 9.17) is 0 Å². The number of carbonyl (C=O) groups is 1. The van der Waals surface area contributed by atoms with Gasteiger partial charge >= 0.3 is 0 Å². The van der Waals surface area contributed by atoms with E-state index in [0.29, 0.717) is 6.42 Å². The van der Waals surface area contributed by atoms with Crippen molar-refractivity contribution in [2.45, 2.75) is 53.9 Å². The molecule has 0 aliphatic rings. The summed E-state index contributed by atoms with van der Waals surface area (Å²) < 4.78 is 0. The minimum atomic E-state index is -0.0649. The van der Waals surface area contributed by atoms with E-state index < -0.39 is 0 Å². The normalized spacial score (nSPS) is 16.6. The lowest BCUT2D eigenvalue weighted by Gasteiger charge is -2.47. The SMILES string of the molecule is CCC(C)(C)C(C)(CC)C(C=C=O)CC(=O)SC. The third-order valence-electron chi connectivity index (χ3n) is 4.87. The Labute approximate surface area is 116 Å². The van der Waals surface area contributed by atoms with Gasteiger partial charge in [-0.25, -0.2) is 4.79 Å². The average molecular weight is 270 g/mol. The van der Waals surface area contributed by atoms with Crippen LogP contribution >= 0.6 is 11.8 Å². The second kappa shape index (κ2) is 7.16. The van der Waals surface area contributed by atoms with E-state index in [9.17, 15) is 9.59 Å². The molecule has 0 heterocycles. The molecule has 2 atom stereocenters. The molecule has 2 nitrogen and oxygen atoms in total. The highest BCUT2D eigenvalue weighted by atomic mass is 32.2. The number of thioether (sulfide) groups is 1. The maximum Gasteiger partial charge on any atom is 0.189 e. The molecule has 0 aromatic heterocycles. The lowest BCUT2D eigenvalue weighted by molar-refractivity contribution is -0.113. The molecular weight excluding hydrogens is 244 g/mol. The van der Waals surface area contributed by atoms with Gasteiger partial charge in [0.05, 0.1) is 0 Å². The molecule has 18 heavy (non-hydrogen) atoms. The first kappa shape index (κ1) is 17.5. The maximum absolute atomic E-state index is 11.7. The van der Waals surface area contributed by atoms with Gasteiger partial charge in [0, 0.05) is 18.4 Å². The fraction of sp³-hybridized carbons (Fsp3) is 0.800. The number of carbonyl (C=O) groups excluding carboxylic acids is 2. The number of hydrogen-bond donors (Lipinski definition) is 0. The summed E-state index contributed by atoms with van der Waals surface area (Å²) in [6.07, 6.45) is 5.73. The van der Waals surface area contributed by atoms with Crippen LogP contribution in [0.2, 0.25) is 0 Å². The van der Waals surface area contributed by atoms with Crippen LogP contribution in [0.3, 0.4) is 0 Å². The van der Waals surface area contributed by atoms with Crippen molar-refractivity contribution in [2.24, 2.45) is 16.7 Å². The Bertz CT molecular complexity index is 329. The summed E-state index contributed by atoms with van der Waals surface area (Å²) in [5, 5.41) is 0.137. The molecular formula is C15H26O2S. The van der Waals surface area contributed by atoms with Crippen LogP contribution in [0.1, 0.15) is 53.9 Å². The third kappa shape index (κ3) is 3.73. The zero-order valence-corrected chi connectivity index (χ0v) is 13.3. The molecule has 0 saturated carbocycles. The Balaban J connectivity index is 5.40. The predicted molar refractivity (Wildman–Crippen MR) is 79.4 cm³/mol. The summed E-state index contributed by atoms with van der Waals surface area (Å²) >= 11 is 1.24. The van der Waals surface area contributed by atoms with E-state index in [1.165, 1.54) is 11.8 Å². The smallest absolute Gasteiger partial charge is 0.189 e. The van der Waals surface area contributed by atoms with Gasteiger partial charge in [0.15, 0.2) is 5.12 Å². The summed E-state index contributed by atoms with van der Waals surface area (Å²) in [4.78, 5) is 22.5. The Hall–Kier alpha value is -0.530. The highest BCUT2D eigenvalue weighted by molar-refractivity contribution is 8.13. The molecule has 104 valence electrons. The number of hydrogen-bond acceptors (Lipinski definition) is 3. The molecule has 0 aliphatic heterocycles. The van der Waals surface area contributed by atoms with Crippen molar-refractivity contribution < 1.29 is 9.59 Å². The third-order valence-corrected chi connectivity index (χ3v) is 5.49. The van der Waals surface area contributed by atoms with Crippen molar-refractivity contribution >= 4 is 22.8 Å². The van der Waals surface area contributed by atoms with Gasteiger partial charge in [-0.05, 0) is 23.5 Å². The minimum Gasteiger partial charge on any atom is -0.287 e. The number of allylic oxidation sites excluding steroid dienone is 1. The number of rotatable bonds is 7. The molecule has 0 saturated heterocycles. The van der Waals surface area contributed by atoms with Gasteiger partial charge in [-0.15, -0.1) is 0 Å². The molecule has 0 aromatic rings. The largest absolute Gasteiger partial charge is 0.287 e. The fourth-order valence-corrected chi connectivity index (χ4v) is 2.81. The van der Waals surface area contributed by atoms with Gasteiger partial charge in [0.1, 0.15) is 5.94 Å². The predicted octanol–water partition coefficient (Wildman–Crippen LogP) is 4.12. The van der Waals surface area contributed by atoms with Gasteiger partial charge < -0.3 is 0 Å². The van der Waals surface area contributed by atoms with Crippen LogP contribution in [0, 0.1) is 16.7 Å². The minimum absolute atomic E-state index is 0.0325. The zero-order valence-electron chi connectivity index (χ0n) is 12.5. The van der Waals surface area contributed by atoms with Gasteiger partial charge in [0.25, 0.3) is 0 Å². The first-order valence-electron chi connectivity index (χ1n) is 6.56. The van der Waals surface area contributed by atoms with Crippen molar-refractivity contribution in [2.75, 3.05) is 6.26 Å². The van der Waals surface area contributed by atoms with Gasteiger partial charge in [-0.1, -0.05) is 52.8 Å². The lowest BCUT2D eigenvalue weighted by Crippen LogP contribution is -2.41. The Morgan fingerprint density at radius 2 is 1.83 bits per heavy atom. The molecule has 0 radical (unpaired) electrons. The van der Waals surface area contributed by atoms with E-state index in [0.717, 1.165) is 12.8 Å². The molecule has 2 unspecified atom stereocenters. The topological polar surface area (TPSA) is 34.1 Å². The average Bonchev–Trinajstić information content (AvgIpc) is 2.36. The van der Waals surface area contributed by atoms with Crippen LogP contribution in [-0.4, -0.2) is 17.3 Å². The van der Waals surface area contributed by atoms with Gasteiger partial charge in [-0.2, -0.15) is 0 Å². The molecule has 0 bridgehead atoms. The first-order chi connectivity index (χ1) is 8.28. The highest BCUT2D eigenvalue weighted by Crippen LogP contribution is 2.51. The van der Waals surface area contributed by atoms with Crippen LogP contribution in [-0.2, 0) is 9.59 Å². The lowest BCUT2D eigenvalue weighted by atomic mass is 9.57. The van der Waals surface area contributed by atoms with E-state index in [1.54, 1.807) is 12.3 Å². The Kier molecular flexibility index (Phi) is 6.94. The summed E-state index contributed by atoms with van der Waals surface area (Å²) in [7, 11) is 0. The zero-order chi connectivity index (χ0) is 14.4. The van der Waals surface area contributed by atoms with Gasteiger partial charge in [-0.3, -0.25) is 4.79 Å². The molecule has 3 heteroatoms. The van der Waals surface area contributed by atoms with Crippen molar-refractivity contribution in [1.82, 2.24) is 0 Å². The molecule has 0 fully saturated rings. The quantitative estimate of drug-likeness (QED) is 0.652. The van der Waals surface area contributed by atoms with E-state index in [-0.39, 0.29) is 21.9 Å². The van der Waals surface area contributed by atoms with E-state index >= 15 is 0 Å². The van der Waals surface area contributed by atoms with E-state index in [1.807, 2.05) is 5.94 Å². The molecule has 0 aliphatic carbocycles. The monoisotopic (exact) mass is 270 g/mol. The molecule has 0 amide bonds. The van der Waals surface area contributed by atoms with Crippen molar-refractivity contribution in [3.05, 3.63) is 6.08 Å². The standard InChI is InChI=1S/C15H26O2S/c1-7-14(3,4)15(5,8-2)12(9-10-16)11-13(17)18-6/h9,12H,7-8,11H2,1-6H3. The second-order valence-electron chi connectivity index (χ2n) is 5.68. The summed E-state index contributed by atoms with van der Waals surface area (Å²) in [5.74, 6) is 1.86. The molecule has 0 N–H and O–H groups in total. The van der Waals surface area contributed by atoms with Crippen LogP contribution in [0.15, 0.2) is 6.08 Å². The Morgan fingerprint density at radius 1 is 1.28 bits per heavy atom. The summed E-state index contributed by atoms with van der Waals surface area (Å²) in [6, 6.07) is 0. The molecule has 0 spiro atoms. The van der Waals surface area contributed by atoms with Crippen LogP contribution < -0.4 is 0 Å². The Morgan fingerprint density at radius 3 is 2.17 bits per heavy atom. The maximum atomic E-state index is 11.7. The van der Waals surface area contributed by atoms with Crippen LogP contribution in [0.25, 0.3) is 0 Å².